The average Bonchev–Trinajstić information content (AvgIpc) is 2.95. The maximum Gasteiger partial charge on any atom is 0.161 e. The summed E-state index contributed by atoms with van der Waals surface area (Å²) < 4.78 is 31.7. The molecule has 0 N–H and O–H groups in total. The summed E-state index contributed by atoms with van der Waals surface area (Å²) >= 11 is 1.68. The second-order valence-corrected chi connectivity index (χ2v) is 12.4. The highest BCUT2D eigenvalue weighted by molar-refractivity contribution is 8.77. The lowest BCUT2D eigenvalue weighted by molar-refractivity contribution is 0.354. The van der Waals surface area contributed by atoms with Crippen molar-refractivity contribution in [3.63, 3.8) is 0 Å². The second-order valence-electron chi connectivity index (χ2n) is 6.81. The number of thioether (sulfide) groups is 1. The van der Waals surface area contributed by atoms with E-state index in [1.807, 2.05) is 55.0 Å². The van der Waals surface area contributed by atoms with Gasteiger partial charge in [-0.1, -0.05) is 43.2 Å². The minimum atomic E-state index is 0.723. The van der Waals surface area contributed by atoms with Gasteiger partial charge in [-0.3, -0.25) is 0 Å². The molecule has 0 fully saturated rings. The van der Waals surface area contributed by atoms with Crippen molar-refractivity contribution in [2.45, 2.75) is 19.6 Å². The van der Waals surface area contributed by atoms with Crippen LogP contribution in [0.15, 0.2) is 68.1 Å². The van der Waals surface area contributed by atoms with Crippen molar-refractivity contribution in [2.24, 2.45) is 0 Å². The predicted octanol–water partition coefficient (Wildman–Crippen LogP) is 8.32. The molecule has 37 heavy (non-hydrogen) atoms. The van der Waals surface area contributed by atoms with E-state index in [9.17, 15) is 0 Å². The fourth-order valence-corrected chi connectivity index (χ4v) is 7.09. The van der Waals surface area contributed by atoms with E-state index in [4.69, 9.17) is 28.4 Å². The maximum absolute atomic E-state index is 5.32. The van der Waals surface area contributed by atoms with Crippen LogP contribution in [0, 0.1) is 0 Å². The van der Waals surface area contributed by atoms with Crippen LogP contribution in [0.4, 0.5) is 0 Å². The van der Waals surface area contributed by atoms with Crippen molar-refractivity contribution in [1.29, 1.82) is 0 Å². The number of ether oxygens (including phenoxy) is 6. The Hall–Kier alpha value is -1.79. The molecule has 0 saturated carbocycles. The Labute approximate surface area is 240 Å². The Bertz CT molecular complexity index is 1070. The third kappa shape index (κ3) is 9.17. The van der Waals surface area contributed by atoms with Gasteiger partial charge in [0.05, 0.1) is 52.4 Å². The van der Waals surface area contributed by atoms with Crippen molar-refractivity contribution in [1.82, 2.24) is 0 Å². The van der Waals surface area contributed by atoms with Gasteiger partial charge in [-0.2, -0.15) is 0 Å². The summed E-state index contributed by atoms with van der Waals surface area (Å²) in [6.45, 7) is 0. The van der Waals surface area contributed by atoms with E-state index >= 15 is 0 Å². The minimum absolute atomic E-state index is 0.723. The molecule has 0 aliphatic heterocycles. The molecule has 0 heterocycles. The monoisotopic (exact) mass is 600 g/mol. The number of benzene rings is 3. The van der Waals surface area contributed by atoms with Crippen LogP contribution in [-0.2, 0) is 0 Å². The zero-order valence-electron chi connectivity index (χ0n) is 22.1. The molecule has 3 aromatic carbocycles. The van der Waals surface area contributed by atoms with Crippen LogP contribution in [0.25, 0.3) is 0 Å². The van der Waals surface area contributed by atoms with Gasteiger partial charge < -0.3 is 28.4 Å². The van der Waals surface area contributed by atoms with E-state index in [1.54, 1.807) is 97.6 Å². The third-order valence-corrected chi connectivity index (χ3v) is 9.63. The van der Waals surface area contributed by atoms with E-state index < -0.39 is 0 Å². The lowest BCUT2D eigenvalue weighted by Crippen LogP contribution is -1.91. The van der Waals surface area contributed by atoms with Gasteiger partial charge in [0.25, 0.3) is 0 Å². The Kier molecular flexibility index (Phi) is 14.4. The van der Waals surface area contributed by atoms with E-state index in [0.717, 1.165) is 54.1 Å². The summed E-state index contributed by atoms with van der Waals surface area (Å²) in [6, 6.07) is 15.7. The van der Waals surface area contributed by atoms with Crippen LogP contribution in [0.1, 0.15) is 0 Å². The van der Waals surface area contributed by atoms with E-state index in [-0.39, 0.29) is 0 Å². The SMILES string of the molecule is COc1cc(OC)c(SSC)cc1SC.COc1ccc(SSc2ccc(OC)c(OC)c2)cc1OC. The Balaban J connectivity index is 0.000000281. The molecule has 3 rings (SSSR count). The fourth-order valence-electron chi connectivity index (χ4n) is 2.99. The molecule has 0 spiro atoms. The molecule has 3 aromatic rings. The first-order valence-corrected chi connectivity index (χ1v) is 16.7. The molecule has 0 atom stereocenters. The summed E-state index contributed by atoms with van der Waals surface area (Å²) in [5.74, 6) is 4.63. The smallest absolute Gasteiger partial charge is 0.161 e. The molecule has 0 saturated heterocycles. The van der Waals surface area contributed by atoms with Crippen LogP contribution in [-0.4, -0.2) is 55.2 Å². The number of methoxy groups -OCH3 is 6. The zero-order valence-corrected chi connectivity index (χ0v) is 26.2. The number of hydrogen-bond acceptors (Lipinski definition) is 11. The Morgan fingerprint density at radius 2 is 0.865 bits per heavy atom. The highest BCUT2D eigenvalue weighted by atomic mass is 33.1. The highest BCUT2D eigenvalue weighted by Gasteiger charge is 2.11. The van der Waals surface area contributed by atoms with Gasteiger partial charge in [-0.15, -0.1) is 11.8 Å². The normalized spacial score (nSPS) is 10.2. The van der Waals surface area contributed by atoms with E-state index in [1.165, 1.54) is 0 Å². The average molecular weight is 601 g/mol. The van der Waals surface area contributed by atoms with Gasteiger partial charge in [0.1, 0.15) is 11.5 Å². The summed E-state index contributed by atoms with van der Waals surface area (Å²) in [5.41, 5.74) is 0. The molecule has 11 heteroatoms. The molecule has 0 unspecified atom stereocenters. The van der Waals surface area contributed by atoms with Crippen LogP contribution in [0.3, 0.4) is 0 Å². The third-order valence-electron chi connectivity index (χ3n) is 4.79. The molecule has 0 amide bonds. The van der Waals surface area contributed by atoms with E-state index in [0.29, 0.717) is 0 Å². The maximum atomic E-state index is 5.32. The lowest BCUT2D eigenvalue weighted by Gasteiger charge is -2.12. The van der Waals surface area contributed by atoms with Gasteiger partial charge in [0, 0.05) is 15.9 Å². The molecule has 0 aliphatic rings. The van der Waals surface area contributed by atoms with Crippen LogP contribution in [0.5, 0.6) is 34.5 Å². The number of hydrogen-bond donors (Lipinski definition) is 0. The first-order chi connectivity index (χ1) is 18.0. The molecule has 0 aliphatic carbocycles. The van der Waals surface area contributed by atoms with Gasteiger partial charge in [0.15, 0.2) is 23.0 Å². The predicted molar refractivity (Wildman–Crippen MR) is 162 cm³/mol. The van der Waals surface area contributed by atoms with E-state index in [2.05, 4.69) is 6.07 Å². The Morgan fingerprint density at radius 1 is 0.432 bits per heavy atom. The fraction of sp³-hybridized carbons (Fsp3) is 0.308. The van der Waals surface area contributed by atoms with Crippen LogP contribution in [0.2, 0.25) is 0 Å². The van der Waals surface area contributed by atoms with Gasteiger partial charge in [-0.05, 0) is 55.0 Å². The summed E-state index contributed by atoms with van der Waals surface area (Å²) in [5, 5.41) is 0. The van der Waals surface area contributed by atoms with Gasteiger partial charge >= 0.3 is 0 Å². The topological polar surface area (TPSA) is 55.4 Å². The minimum Gasteiger partial charge on any atom is -0.495 e. The van der Waals surface area contributed by atoms with Gasteiger partial charge in [0.2, 0.25) is 0 Å². The molecule has 202 valence electrons. The highest BCUT2D eigenvalue weighted by Crippen LogP contribution is 2.44. The van der Waals surface area contributed by atoms with Crippen molar-refractivity contribution in [3.05, 3.63) is 48.5 Å². The molecule has 0 bridgehead atoms. The quantitative estimate of drug-likeness (QED) is 0.149. The van der Waals surface area contributed by atoms with Crippen molar-refractivity contribution in [2.75, 3.05) is 55.2 Å². The largest absolute Gasteiger partial charge is 0.495 e. The zero-order chi connectivity index (χ0) is 27.2. The van der Waals surface area contributed by atoms with Crippen molar-refractivity contribution in [3.8, 4) is 34.5 Å². The molecular weight excluding hydrogens is 569 g/mol. The molecule has 6 nitrogen and oxygen atoms in total. The lowest BCUT2D eigenvalue weighted by atomic mass is 10.3. The first-order valence-electron chi connectivity index (χ1n) is 10.8. The Morgan fingerprint density at radius 3 is 1.24 bits per heavy atom. The number of rotatable bonds is 12. The van der Waals surface area contributed by atoms with Crippen LogP contribution >= 0.6 is 54.9 Å². The van der Waals surface area contributed by atoms with Crippen molar-refractivity contribution >= 4 is 54.9 Å². The summed E-state index contributed by atoms with van der Waals surface area (Å²) in [6.07, 6.45) is 4.09. The molecule has 0 aromatic heterocycles. The second kappa shape index (κ2) is 16.9. The molecule has 0 radical (unpaired) electrons. The molecular formula is C26H32O6S5. The first kappa shape index (κ1) is 31.4. The van der Waals surface area contributed by atoms with Crippen molar-refractivity contribution < 1.29 is 28.4 Å². The standard InChI is InChI=1S/C16H18O4S2.C10H14O2S3/c1-17-13-7-5-11(9-15(13)19-3)21-22-12-6-8-14(18-2)16(10-12)20-4;1-11-7-5-8(12-2)10(15-14-4)6-9(7)13-3/h5-10H,1-4H3;5-6H,1-4H3. The van der Waals surface area contributed by atoms with Gasteiger partial charge in [-0.25, -0.2) is 0 Å². The van der Waals surface area contributed by atoms with Crippen LogP contribution < -0.4 is 28.4 Å². The summed E-state index contributed by atoms with van der Waals surface area (Å²) in [7, 11) is 16.6. The summed E-state index contributed by atoms with van der Waals surface area (Å²) in [4.78, 5) is 4.43.